The molecule has 0 fully saturated rings. The summed E-state index contributed by atoms with van der Waals surface area (Å²) in [5, 5.41) is 17.4. The van der Waals surface area contributed by atoms with Crippen molar-refractivity contribution >= 4 is 34.5 Å². The van der Waals surface area contributed by atoms with Crippen molar-refractivity contribution in [2.45, 2.75) is 25.8 Å². The summed E-state index contributed by atoms with van der Waals surface area (Å²) < 4.78 is 0. The third-order valence-electron chi connectivity index (χ3n) is 3.81. The van der Waals surface area contributed by atoms with Crippen molar-refractivity contribution in [1.82, 2.24) is 15.6 Å². The number of fused-ring (bicyclic) bond motifs is 1. The van der Waals surface area contributed by atoms with Gasteiger partial charge in [0.1, 0.15) is 6.04 Å². The smallest absolute Gasteiger partial charge is 0.405 e. The van der Waals surface area contributed by atoms with E-state index >= 15 is 0 Å². The number of rotatable bonds is 8. The maximum absolute atomic E-state index is 12.4. The zero-order valence-corrected chi connectivity index (χ0v) is 14.5. The average Bonchev–Trinajstić information content (AvgIpc) is 2.96. The number of amides is 3. The molecule has 0 bridgehead atoms. The minimum Gasteiger partial charge on any atom is -0.465 e. The van der Waals surface area contributed by atoms with E-state index in [1.807, 2.05) is 25.1 Å². The van der Waals surface area contributed by atoms with Crippen LogP contribution in [0.15, 0.2) is 24.3 Å². The Labute approximate surface area is 150 Å². The lowest BCUT2D eigenvalue weighted by Crippen LogP contribution is -2.43. The van der Waals surface area contributed by atoms with Gasteiger partial charge in [0, 0.05) is 28.8 Å². The first kappa shape index (κ1) is 19.3. The van der Waals surface area contributed by atoms with Crippen molar-refractivity contribution in [3.63, 3.8) is 0 Å². The van der Waals surface area contributed by atoms with E-state index in [-0.39, 0.29) is 18.9 Å². The van der Waals surface area contributed by atoms with Gasteiger partial charge in [-0.05, 0) is 44.0 Å². The molecule has 0 radical (unpaired) electrons. The van der Waals surface area contributed by atoms with Crippen LogP contribution in [-0.4, -0.2) is 47.1 Å². The van der Waals surface area contributed by atoms with Crippen molar-refractivity contribution in [3.05, 3.63) is 30.0 Å². The number of nitrogens with two attached hydrogens (primary N) is 1. The van der Waals surface area contributed by atoms with Gasteiger partial charge in [-0.1, -0.05) is 0 Å². The number of anilines is 1. The molecule has 0 aliphatic rings. The molecule has 1 atom stereocenters. The zero-order chi connectivity index (χ0) is 19.1. The first-order valence-electron chi connectivity index (χ1n) is 8.25. The molecule has 26 heavy (non-hydrogen) atoms. The van der Waals surface area contributed by atoms with Crippen LogP contribution in [0.2, 0.25) is 0 Å². The molecule has 2 aromatic rings. The predicted molar refractivity (Wildman–Crippen MR) is 97.9 cm³/mol. The zero-order valence-electron chi connectivity index (χ0n) is 14.5. The highest BCUT2D eigenvalue weighted by Gasteiger charge is 2.20. The summed E-state index contributed by atoms with van der Waals surface area (Å²) >= 11 is 0. The van der Waals surface area contributed by atoms with Gasteiger partial charge in [-0.25, -0.2) is 4.79 Å². The van der Waals surface area contributed by atoms with Crippen LogP contribution in [0.3, 0.4) is 0 Å². The van der Waals surface area contributed by atoms with Gasteiger partial charge in [0.25, 0.3) is 0 Å². The molecule has 1 heterocycles. The Hall–Kier alpha value is -3.07. The molecular formula is C17H23N5O4. The Morgan fingerprint density at radius 1 is 1.27 bits per heavy atom. The summed E-state index contributed by atoms with van der Waals surface area (Å²) in [5.74, 6) is -0.753. The summed E-state index contributed by atoms with van der Waals surface area (Å²) in [6.07, 6.45) is -0.609. The van der Waals surface area contributed by atoms with Crippen molar-refractivity contribution in [1.29, 1.82) is 0 Å². The maximum Gasteiger partial charge on any atom is 0.405 e. The molecule has 3 amide bonds. The molecule has 0 saturated heterocycles. The quantitative estimate of drug-likeness (QED) is 0.386. The molecule has 0 spiro atoms. The fourth-order valence-electron chi connectivity index (χ4n) is 2.61. The van der Waals surface area contributed by atoms with E-state index < -0.39 is 18.0 Å². The Morgan fingerprint density at radius 2 is 2.04 bits per heavy atom. The summed E-state index contributed by atoms with van der Waals surface area (Å²) in [4.78, 5) is 37.7. The third kappa shape index (κ3) is 5.49. The second-order valence-electron chi connectivity index (χ2n) is 5.94. The second-order valence-corrected chi connectivity index (χ2v) is 5.94. The summed E-state index contributed by atoms with van der Waals surface area (Å²) in [6.45, 7) is 2.14. The second kappa shape index (κ2) is 8.86. The topological polar surface area (TPSA) is 149 Å². The monoisotopic (exact) mass is 361 g/mol. The lowest BCUT2D eigenvalue weighted by atomic mass is 10.1. The fourth-order valence-corrected chi connectivity index (χ4v) is 2.61. The van der Waals surface area contributed by atoms with Crippen LogP contribution in [-0.2, 0) is 9.59 Å². The molecule has 7 N–H and O–H groups in total. The van der Waals surface area contributed by atoms with Gasteiger partial charge in [0.05, 0.1) is 6.54 Å². The molecule has 0 aliphatic heterocycles. The van der Waals surface area contributed by atoms with Crippen LogP contribution >= 0.6 is 0 Å². The van der Waals surface area contributed by atoms with Gasteiger partial charge in [0.2, 0.25) is 11.8 Å². The summed E-state index contributed by atoms with van der Waals surface area (Å²) in [7, 11) is 0. The van der Waals surface area contributed by atoms with Crippen LogP contribution in [0.25, 0.3) is 10.9 Å². The number of benzene rings is 1. The number of aromatic amines is 1. The lowest BCUT2D eigenvalue weighted by Gasteiger charge is -2.17. The van der Waals surface area contributed by atoms with Gasteiger partial charge < -0.3 is 31.8 Å². The van der Waals surface area contributed by atoms with Crippen molar-refractivity contribution < 1.29 is 19.5 Å². The molecular weight excluding hydrogens is 338 g/mol. The van der Waals surface area contributed by atoms with E-state index in [9.17, 15) is 14.4 Å². The van der Waals surface area contributed by atoms with Gasteiger partial charge >= 0.3 is 6.09 Å². The first-order valence-corrected chi connectivity index (χ1v) is 8.25. The van der Waals surface area contributed by atoms with Crippen molar-refractivity contribution in [3.8, 4) is 0 Å². The van der Waals surface area contributed by atoms with Gasteiger partial charge in [-0.2, -0.15) is 0 Å². The lowest BCUT2D eigenvalue weighted by molar-refractivity contribution is -0.119. The van der Waals surface area contributed by atoms with E-state index in [0.29, 0.717) is 18.7 Å². The third-order valence-corrected chi connectivity index (χ3v) is 3.81. The molecule has 0 aliphatic carbocycles. The molecule has 9 nitrogen and oxygen atoms in total. The number of carboxylic acid groups (broad SMARTS) is 1. The molecule has 1 aromatic heterocycles. The van der Waals surface area contributed by atoms with E-state index in [1.54, 1.807) is 6.07 Å². The van der Waals surface area contributed by atoms with Crippen LogP contribution in [0.1, 0.15) is 18.5 Å². The van der Waals surface area contributed by atoms with Crippen LogP contribution in [0, 0.1) is 6.92 Å². The minimum atomic E-state index is -1.28. The average molecular weight is 361 g/mol. The Balaban J connectivity index is 1.97. The first-order chi connectivity index (χ1) is 12.4. The number of carbonyl (C=O) groups excluding carboxylic acids is 2. The number of H-pyrrole nitrogens is 1. The Morgan fingerprint density at radius 3 is 2.73 bits per heavy atom. The SMILES string of the molecule is Cc1cc2cc(NC(=O)[C@H](CCCNC(=O)CN)NC(=O)O)ccc2[nH]1. The van der Waals surface area contributed by atoms with Crippen LogP contribution in [0.4, 0.5) is 10.5 Å². The molecule has 1 aromatic carbocycles. The molecule has 0 saturated carbocycles. The summed E-state index contributed by atoms with van der Waals surface area (Å²) in [6, 6.07) is 6.44. The number of hydrogen-bond donors (Lipinski definition) is 6. The van der Waals surface area contributed by atoms with Gasteiger partial charge in [0.15, 0.2) is 0 Å². The maximum atomic E-state index is 12.4. The minimum absolute atomic E-state index is 0.113. The van der Waals surface area contributed by atoms with E-state index in [2.05, 4.69) is 20.9 Å². The molecule has 140 valence electrons. The van der Waals surface area contributed by atoms with E-state index in [4.69, 9.17) is 10.8 Å². The van der Waals surface area contributed by atoms with E-state index in [1.165, 1.54) is 0 Å². The fraction of sp³-hybridized carbons (Fsp3) is 0.353. The Kier molecular flexibility index (Phi) is 6.56. The van der Waals surface area contributed by atoms with Gasteiger partial charge in [-0.3, -0.25) is 9.59 Å². The number of hydrogen-bond acceptors (Lipinski definition) is 4. The number of carbonyl (C=O) groups is 3. The number of aromatic nitrogens is 1. The highest BCUT2D eigenvalue weighted by atomic mass is 16.4. The standard InChI is InChI=1S/C17H23N5O4/c1-10-7-11-8-12(4-5-13(11)20-10)21-16(24)14(22-17(25)26)3-2-6-19-15(23)9-18/h4-5,7-8,14,20,22H,2-3,6,9,18H2,1H3,(H,19,23)(H,21,24)(H,25,26)/t14-/m0/s1. The van der Waals surface area contributed by atoms with E-state index in [0.717, 1.165) is 16.6 Å². The van der Waals surface area contributed by atoms with Crippen molar-refractivity contribution in [2.24, 2.45) is 5.73 Å². The Bertz CT molecular complexity index is 802. The molecule has 0 unspecified atom stereocenters. The van der Waals surface area contributed by atoms with Gasteiger partial charge in [-0.15, -0.1) is 0 Å². The van der Waals surface area contributed by atoms with Crippen molar-refractivity contribution in [2.75, 3.05) is 18.4 Å². The van der Waals surface area contributed by atoms with Crippen LogP contribution < -0.4 is 21.7 Å². The van der Waals surface area contributed by atoms with Crippen LogP contribution in [0.5, 0.6) is 0 Å². The number of aryl methyl sites for hydroxylation is 1. The highest BCUT2D eigenvalue weighted by molar-refractivity contribution is 5.98. The molecule has 2 rings (SSSR count). The summed E-state index contributed by atoms with van der Waals surface area (Å²) in [5.41, 5.74) is 7.73. The highest BCUT2D eigenvalue weighted by Crippen LogP contribution is 2.20. The normalized spacial score (nSPS) is 11.8. The molecule has 9 heteroatoms. The largest absolute Gasteiger partial charge is 0.465 e. The number of nitrogens with one attached hydrogen (secondary N) is 4. The predicted octanol–water partition coefficient (Wildman–Crippen LogP) is 0.906.